The van der Waals surface area contributed by atoms with Crippen molar-refractivity contribution >= 4 is 27.5 Å². The number of carbonyl (C=O) groups excluding carboxylic acids is 1. The normalized spacial score (nSPS) is 11.1. The van der Waals surface area contributed by atoms with Crippen molar-refractivity contribution < 1.29 is 26.7 Å². The lowest BCUT2D eigenvalue weighted by Crippen LogP contribution is -2.44. The molecule has 0 aliphatic rings. The summed E-state index contributed by atoms with van der Waals surface area (Å²) in [4.78, 5) is 12.3. The summed E-state index contributed by atoms with van der Waals surface area (Å²) in [6.07, 6.45) is 0. The van der Waals surface area contributed by atoms with E-state index in [1.165, 1.54) is 6.07 Å². The number of hydrogen-bond donors (Lipinski definition) is 2. The van der Waals surface area contributed by atoms with Gasteiger partial charge in [-0.05, 0) is 30.3 Å². The summed E-state index contributed by atoms with van der Waals surface area (Å²) in [6.45, 7) is -0.544. The molecule has 0 aromatic heterocycles. The zero-order valence-corrected chi connectivity index (χ0v) is 13.5. The van der Waals surface area contributed by atoms with E-state index < -0.39 is 39.1 Å². The highest BCUT2D eigenvalue weighted by molar-refractivity contribution is 7.89. The van der Waals surface area contributed by atoms with E-state index in [1.54, 1.807) is 23.0 Å². The zero-order valence-electron chi connectivity index (χ0n) is 11.9. The first-order valence-corrected chi connectivity index (χ1v) is 8.29. The van der Waals surface area contributed by atoms with Crippen LogP contribution < -0.4 is 15.0 Å². The van der Waals surface area contributed by atoms with Crippen molar-refractivity contribution in [2.45, 2.75) is 4.90 Å². The van der Waals surface area contributed by atoms with Crippen LogP contribution in [0.2, 0.25) is 5.02 Å². The molecule has 2 N–H and O–H groups in total. The van der Waals surface area contributed by atoms with Crippen LogP contribution in [0.3, 0.4) is 0 Å². The number of hydrogen-bond acceptors (Lipinski definition) is 4. The van der Waals surface area contributed by atoms with Gasteiger partial charge in [-0.1, -0.05) is 23.7 Å². The van der Waals surface area contributed by atoms with Crippen molar-refractivity contribution in [2.24, 2.45) is 0 Å². The average Bonchev–Trinajstić information content (AvgIpc) is 2.54. The van der Waals surface area contributed by atoms with Crippen LogP contribution in [0.5, 0.6) is 5.75 Å². The van der Waals surface area contributed by atoms with Crippen LogP contribution in [0.1, 0.15) is 0 Å². The van der Waals surface area contributed by atoms with E-state index in [1.807, 2.05) is 5.43 Å². The molecular formula is C14H11ClF2N2O4S. The molecule has 6 nitrogen and oxygen atoms in total. The molecule has 0 saturated heterocycles. The number of hydrazine groups is 1. The molecule has 2 rings (SSSR count). The van der Waals surface area contributed by atoms with Crippen molar-refractivity contribution in [3.63, 3.8) is 0 Å². The third-order valence-electron chi connectivity index (χ3n) is 2.70. The Morgan fingerprint density at radius 3 is 2.58 bits per heavy atom. The number of ether oxygens (including phenoxy) is 1. The summed E-state index contributed by atoms with van der Waals surface area (Å²) in [6, 6.07) is 8.28. The molecule has 0 unspecified atom stereocenters. The van der Waals surface area contributed by atoms with E-state index in [4.69, 9.17) is 16.3 Å². The van der Waals surface area contributed by atoms with E-state index in [0.717, 1.165) is 6.07 Å². The van der Waals surface area contributed by atoms with E-state index in [2.05, 4.69) is 0 Å². The third kappa shape index (κ3) is 4.63. The number of sulfonamides is 1. The molecule has 0 fully saturated rings. The molecule has 24 heavy (non-hydrogen) atoms. The van der Waals surface area contributed by atoms with Crippen molar-refractivity contribution in [3.05, 3.63) is 59.1 Å². The second kappa shape index (κ2) is 7.56. The molecule has 128 valence electrons. The Labute approximate surface area is 141 Å². The molecule has 2 aromatic rings. The lowest BCUT2D eigenvalue weighted by molar-refractivity contribution is -0.123. The number of amides is 1. The quantitative estimate of drug-likeness (QED) is 0.755. The lowest BCUT2D eigenvalue weighted by Gasteiger charge is -2.10. The van der Waals surface area contributed by atoms with Crippen LogP contribution in [-0.4, -0.2) is 20.9 Å². The van der Waals surface area contributed by atoms with Crippen molar-refractivity contribution in [3.8, 4) is 5.75 Å². The molecule has 0 atom stereocenters. The molecule has 0 spiro atoms. The van der Waals surface area contributed by atoms with Gasteiger partial charge >= 0.3 is 0 Å². The second-order valence-electron chi connectivity index (χ2n) is 4.45. The van der Waals surface area contributed by atoms with Gasteiger partial charge in [-0.15, -0.1) is 4.83 Å². The highest BCUT2D eigenvalue weighted by Gasteiger charge is 2.20. The van der Waals surface area contributed by atoms with Crippen molar-refractivity contribution in [1.29, 1.82) is 0 Å². The summed E-state index contributed by atoms with van der Waals surface area (Å²) >= 11 is 5.82. The zero-order chi connectivity index (χ0) is 17.7. The average molecular weight is 377 g/mol. The molecule has 0 aliphatic heterocycles. The van der Waals surface area contributed by atoms with Crippen LogP contribution in [-0.2, 0) is 14.8 Å². The first-order valence-electron chi connectivity index (χ1n) is 6.42. The summed E-state index contributed by atoms with van der Waals surface area (Å²) in [5.74, 6) is -2.74. The predicted octanol–water partition coefficient (Wildman–Crippen LogP) is 2.01. The van der Waals surface area contributed by atoms with E-state index in [-0.39, 0.29) is 10.8 Å². The first kappa shape index (κ1) is 18.1. The number of benzene rings is 2. The summed E-state index contributed by atoms with van der Waals surface area (Å²) in [7, 11) is -4.48. The van der Waals surface area contributed by atoms with Crippen molar-refractivity contribution in [2.75, 3.05) is 6.61 Å². The number of para-hydroxylation sites is 1. The molecule has 0 aliphatic carbocycles. The highest BCUT2D eigenvalue weighted by atomic mass is 35.5. The first-order chi connectivity index (χ1) is 11.3. The minimum absolute atomic E-state index is 0.230. The van der Waals surface area contributed by atoms with Gasteiger partial charge in [0.25, 0.3) is 15.9 Å². The Balaban J connectivity index is 1.95. The van der Waals surface area contributed by atoms with Gasteiger partial charge in [0.1, 0.15) is 22.3 Å². The molecule has 0 heterocycles. The predicted molar refractivity (Wildman–Crippen MR) is 81.8 cm³/mol. The highest BCUT2D eigenvalue weighted by Crippen LogP contribution is 2.22. The van der Waals surface area contributed by atoms with Crippen LogP contribution in [0, 0.1) is 11.6 Å². The van der Waals surface area contributed by atoms with Gasteiger partial charge in [0, 0.05) is 0 Å². The molecule has 0 radical (unpaired) electrons. The standard InChI is InChI=1S/C14H11ClF2N2O4S/c15-10-3-1-2-4-12(10)23-8-14(20)18-19-24(21,22)13-7-9(16)5-6-11(13)17/h1-7,19H,8H2,(H,18,20). The van der Waals surface area contributed by atoms with Crippen LogP contribution in [0.4, 0.5) is 8.78 Å². The molecule has 1 amide bonds. The maximum atomic E-state index is 13.5. The molecule has 2 aromatic carbocycles. The van der Waals surface area contributed by atoms with Gasteiger partial charge < -0.3 is 4.74 Å². The number of rotatable bonds is 6. The minimum atomic E-state index is -4.48. The SMILES string of the molecule is O=C(COc1ccccc1Cl)NNS(=O)(=O)c1cc(F)ccc1F. The monoisotopic (exact) mass is 376 g/mol. The molecule has 0 bridgehead atoms. The van der Waals surface area contributed by atoms with Crippen LogP contribution in [0.25, 0.3) is 0 Å². The third-order valence-corrected chi connectivity index (χ3v) is 4.28. The summed E-state index contributed by atoms with van der Waals surface area (Å²) in [5.41, 5.74) is 1.82. The van der Waals surface area contributed by atoms with Crippen LogP contribution >= 0.6 is 11.6 Å². The van der Waals surface area contributed by atoms with Gasteiger partial charge in [-0.25, -0.2) is 17.2 Å². The Morgan fingerprint density at radius 1 is 1.17 bits per heavy atom. The van der Waals surface area contributed by atoms with Gasteiger partial charge in [-0.2, -0.15) is 0 Å². The van der Waals surface area contributed by atoms with E-state index in [0.29, 0.717) is 12.1 Å². The molecule has 0 saturated carbocycles. The fraction of sp³-hybridized carbons (Fsp3) is 0.0714. The second-order valence-corrected chi connectivity index (χ2v) is 6.51. The van der Waals surface area contributed by atoms with E-state index in [9.17, 15) is 22.0 Å². The fourth-order valence-electron chi connectivity index (χ4n) is 1.60. The van der Waals surface area contributed by atoms with Gasteiger partial charge in [0.05, 0.1) is 5.02 Å². The summed E-state index contributed by atoms with van der Waals surface area (Å²) < 4.78 is 55.3. The van der Waals surface area contributed by atoms with E-state index >= 15 is 0 Å². The summed E-state index contributed by atoms with van der Waals surface area (Å²) in [5, 5.41) is 0.271. The number of nitrogens with one attached hydrogen (secondary N) is 2. The van der Waals surface area contributed by atoms with Gasteiger partial charge in [0.15, 0.2) is 6.61 Å². The molecular weight excluding hydrogens is 366 g/mol. The maximum Gasteiger partial charge on any atom is 0.272 e. The van der Waals surface area contributed by atoms with Gasteiger partial charge in [-0.3, -0.25) is 10.2 Å². The Morgan fingerprint density at radius 2 is 1.88 bits per heavy atom. The lowest BCUT2D eigenvalue weighted by atomic mass is 10.3. The number of carbonyl (C=O) groups is 1. The Bertz CT molecular complexity index is 862. The number of halogens is 3. The Hall–Kier alpha value is -2.23. The largest absolute Gasteiger partial charge is 0.482 e. The topological polar surface area (TPSA) is 84.5 Å². The minimum Gasteiger partial charge on any atom is -0.482 e. The smallest absolute Gasteiger partial charge is 0.272 e. The van der Waals surface area contributed by atoms with Gasteiger partial charge in [0.2, 0.25) is 0 Å². The molecule has 10 heteroatoms. The maximum absolute atomic E-state index is 13.5. The fourth-order valence-corrected chi connectivity index (χ4v) is 2.74. The Kier molecular flexibility index (Phi) is 5.71. The van der Waals surface area contributed by atoms with Crippen LogP contribution in [0.15, 0.2) is 47.4 Å². The van der Waals surface area contributed by atoms with Crippen molar-refractivity contribution in [1.82, 2.24) is 10.3 Å².